The lowest BCUT2D eigenvalue weighted by Gasteiger charge is -2.11. The Bertz CT molecular complexity index is 776. The summed E-state index contributed by atoms with van der Waals surface area (Å²) in [5.41, 5.74) is -0.565. The number of amides is 1. The first-order valence-corrected chi connectivity index (χ1v) is 6.87. The number of fused-ring (bicyclic) bond motifs is 1. The monoisotopic (exact) mass is 290 g/mol. The van der Waals surface area contributed by atoms with Crippen molar-refractivity contribution >= 4 is 17.1 Å². The van der Waals surface area contributed by atoms with E-state index in [-0.39, 0.29) is 12.5 Å². The highest BCUT2D eigenvalue weighted by molar-refractivity contribution is 5.78. The molecule has 0 radical (unpaired) electrons. The van der Waals surface area contributed by atoms with E-state index in [4.69, 9.17) is 0 Å². The van der Waals surface area contributed by atoms with Crippen LogP contribution in [0.15, 0.2) is 27.9 Å². The molecule has 1 N–H and O–H groups in total. The summed E-state index contributed by atoms with van der Waals surface area (Å²) in [5, 5.41) is 2.73. The van der Waals surface area contributed by atoms with Crippen LogP contribution in [0.4, 0.5) is 0 Å². The molecule has 2 rings (SSSR count). The van der Waals surface area contributed by atoms with E-state index in [0.29, 0.717) is 17.7 Å². The largest absolute Gasteiger partial charge is 0.355 e. The molecule has 0 aliphatic heterocycles. The second kappa shape index (κ2) is 6.34. The van der Waals surface area contributed by atoms with Crippen LogP contribution in [0.3, 0.4) is 0 Å². The maximum atomic E-state index is 12.1. The molecule has 0 aromatic carbocycles. The van der Waals surface area contributed by atoms with Crippen molar-refractivity contribution in [3.8, 4) is 0 Å². The van der Waals surface area contributed by atoms with Gasteiger partial charge in [0.15, 0.2) is 5.65 Å². The molecule has 0 saturated carbocycles. The Morgan fingerprint density at radius 3 is 2.81 bits per heavy atom. The Labute approximate surface area is 121 Å². The van der Waals surface area contributed by atoms with Gasteiger partial charge in [-0.3, -0.25) is 23.5 Å². The number of hydrogen-bond donors (Lipinski definition) is 1. The van der Waals surface area contributed by atoms with Gasteiger partial charge in [0.1, 0.15) is 6.54 Å². The van der Waals surface area contributed by atoms with Crippen LogP contribution in [0.2, 0.25) is 0 Å². The second-order valence-corrected chi connectivity index (χ2v) is 4.81. The number of nitrogens with one attached hydrogen (secondary N) is 1. The summed E-state index contributed by atoms with van der Waals surface area (Å²) in [6, 6.07) is 3.33. The lowest BCUT2D eigenvalue weighted by Crippen LogP contribution is -2.43. The maximum Gasteiger partial charge on any atom is 0.317 e. The molecule has 7 heteroatoms. The predicted octanol–water partition coefficient (Wildman–Crippen LogP) is 0.0115. The van der Waals surface area contributed by atoms with Gasteiger partial charge in [0.05, 0.1) is 5.52 Å². The van der Waals surface area contributed by atoms with E-state index >= 15 is 0 Å². The first-order chi connectivity index (χ1) is 10.1. The van der Waals surface area contributed by atoms with Crippen molar-refractivity contribution < 1.29 is 4.79 Å². The van der Waals surface area contributed by atoms with Crippen LogP contribution in [0.25, 0.3) is 11.2 Å². The molecule has 2 aromatic heterocycles. The molecule has 0 aliphatic rings. The van der Waals surface area contributed by atoms with Crippen molar-refractivity contribution in [1.29, 1.82) is 0 Å². The van der Waals surface area contributed by atoms with E-state index in [1.807, 2.05) is 6.92 Å². The highest BCUT2D eigenvalue weighted by atomic mass is 16.2. The Hall–Kier alpha value is -2.44. The average molecular weight is 290 g/mol. The number of nitrogens with zero attached hydrogens (tertiary/aromatic N) is 3. The fourth-order valence-corrected chi connectivity index (χ4v) is 2.08. The number of carbonyl (C=O) groups excluding carboxylic acids is 1. The van der Waals surface area contributed by atoms with Crippen LogP contribution in [0.1, 0.15) is 19.8 Å². The number of aromatic nitrogens is 3. The molecule has 112 valence electrons. The minimum atomic E-state index is -0.719. The number of pyridine rings is 1. The standard InChI is InChI=1S/C14H18N4O3/c1-3-4-7-15-11(19)9-18-10-6-5-8-16-12(10)17(2)13(20)14(18)21/h5-6,8H,3-4,7,9H2,1-2H3,(H,15,19). The number of hydrogen-bond acceptors (Lipinski definition) is 4. The highest BCUT2D eigenvalue weighted by Gasteiger charge is 2.13. The molecule has 0 fully saturated rings. The van der Waals surface area contributed by atoms with Gasteiger partial charge in [-0.2, -0.15) is 0 Å². The highest BCUT2D eigenvalue weighted by Crippen LogP contribution is 2.05. The van der Waals surface area contributed by atoms with Gasteiger partial charge in [0.2, 0.25) is 5.91 Å². The topological polar surface area (TPSA) is 86.0 Å². The third-order valence-electron chi connectivity index (χ3n) is 3.26. The van der Waals surface area contributed by atoms with Crippen molar-refractivity contribution in [3.63, 3.8) is 0 Å². The smallest absolute Gasteiger partial charge is 0.317 e. The maximum absolute atomic E-state index is 12.1. The van der Waals surface area contributed by atoms with Gasteiger partial charge < -0.3 is 5.32 Å². The van der Waals surface area contributed by atoms with Gasteiger partial charge in [0, 0.05) is 19.8 Å². The van der Waals surface area contributed by atoms with E-state index in [0.717, 1.165) is 12.8 Å². The molecular formula is C14H18N4O3. The van der Waals surface area contributed by atoms with Crippen molar-refractivity contribution in [3.05, 3.63) is 39.0 Å². The average Bonchev–Trinajstić information content (AvgIpc) is 2.49. The van der Waals surface area contributed by atoms with Gasteiger partial charge in [-0.15, -0.1) is 0 Å². The first kappa shape index (κ1) is 15.0. The van der Waals surface area contributed by atoms with Gasteiger partial charge in [-0.05, 0) is 18.6 Å². The normalized spacial score (nSPS) is 10.8. The molecule has 2 aromatic rings. The summed E-state index contributed by atoms with van der Waals surface area (Å²) in [4.78, 5) is 40.0. The van der Waals surface area contributed by atoms with Crippen LogP contribution < -0.4 is 16.4 Å². The van der Waals surface area contributed by atoms with E-state index in [2.05, 4.69) is 10.3 Å². The van der Waals surface area contributed by atoms with Crippen molar-refractivity contribution in [1.82, 2.24) is 19.4 Å². The second-order valence-electron chi connectivity index (χ2n) is 4.81. The Kier molecular flexibility index (Phi) is 4.52. The molecular weight excluding hydrogens is 272 g/mol. The van der Waals surface area contributed by atoms with Crippen LogP contribution in [-0.2, 0) is 18.4 Å². The number of unbranched alkanes of at least 4 members (excludes halogenated alkanes) is 1. The minimum absolute atomic E-state index is 0.180. The molecule has 0 spiro atoms. The molecule has 1 amide bonds. The third kappa shape index (κ3) is 3.01. The summed E-state index contributed by atoms with van der Waals surface area (Å²) in [6.45, 7) is 2.41. The Balaban J connectivity index is 2.42. The van der Waals surface area contributed by atoms with Crippen molar-refractivity contribution in [2.45, 2.75) is 26.3 Å². The summed E-state index contributed by atoms with van der Waals surface area (Å²) >= 11 is 0. The SMILES string of the molecule is CCCCNC(=O)Cn1c(=O)c(=O)n(C)c2ncccc21. The van der Waals surface area contributed by atoms with Crippen LogP contribution in [0.5, 0.6) is 0 Å². The fourth-order valence-electron chi connectivity index (χ4n) is 2.08. The summed E-state index contributed by atoms with van der Waals surface area (Å²) in [5.74, 6) is -0.288. The van der Waals surface area contributed by atoms with Gasteiger partial charge in [-0.1, -0.05) is 13.3 Å². The molecule has 7 nitrogen and oxygen atoms in total. The Morgan fingerprint density at radius 1 is 1.33 bits per heavy atom. The Morgan fingerprint density at radius 2 is 2.10 bits per heavy atom. The zero-order valence-corrected chi connectivity index (χ0v) is 12.1. The van der Waals surface area contributed by atoms with E-state index < -0.39 is 11.1 Å². The van der Waals surface area contributed by atoms with Crippen LogP contribution in [-0.4, -0.2) is 26.6 Å². The molecule has 0 atom stereocenters. The van der Waals surface area contributed by atoms with E-state index in [9.17, 15) is 14.4 Å². The number of carbonyl (C=O) groups is 1. The minimum Gasteiger partial charge on any atom is -0.355 e. The van der Waals surface area contributed by atoms with Gasteiger partial charge >= 0.3 is 11.1 Å². The van der Waals surface area contributed by atoms with Crippen LogP contribution >= 0.6 is 0 Å². The summed E-state index contributed by atoms with van der Waals surface area (Å²) < 4.78 is 2.37. The van der Waals surface area contributed by atoms with Crippen LogP contribution in [0, 0.1) is 0 Å². The van der Waals surface area contributed by atoms with E-state index in [1.165, 1.54) is 22.4 Å². The van der Waals surface area contributed by atoms with Gasteiger partial charge in [-0.25, -0.2) is 4.98 Å². The molecule has 0 aliphatic carbocycles. The molecule has 2 heterocycles. The predicted molar refractivity (Wildman–Crippen MR) is 79.2 cm³/mol. The number of aryl methyl sites for hydroxylation is 1. The molecule has 21 heavy (non-hydrogen) atoms. The van der Waals surface area contributed by atoms with E-state index in [1.54, 1.807) is 12.1 Å². The molecule has 0 bridgehead atoms. The van der Waals surface area contributed by atoms with Gasteiger partial charge in [0.25, 0.3) is 0 Å². The molecule has 0 unspecified atom stereocenters. The zero-order chi connectivity index (χ0) is 15.4. The summed E-state index contributed by atoms with van der Waals surface area (Å²) in [6.07, 6.45) is 3.39. The number of rotatable bonds is 5. The lowest BCUT2D eigenvalue weighted by molar-refractivity contribution is -0.121. The zero-order valence-electron chi connectivity index (χ0n) is 12.1. The van der Waals surface area contributed by atoms with Crippen molar-refractivity contribution in [2.24, 2.45) is 7.05 Å². The lowest BCUT2D eigenvalue weighted by atomic mass is 10.3. The quantitative estimate of drug-likeness (QED) is 0.621. The third-order valence-corrected chi connectivity index (χ3v) is 3.26. The summed E-state index contributed by atoms with van der Waals surface area (Å²) in [7, 11) is 1.49. The fraction of sp³-hybridized carbons (Fsp3) is 0.429. The van der Waals surface area contributed by atoms with Crippen molar-refractivity contribution in [2.75, 3.05) is 6.54 Å². The molecule has 0 saturated heterocycles. The first-order valence-electron chi connectivity index (χ1n) is 6.87.